The maximum Gasteiger partial charge on any atom is 0.325 e. The van der Waals surface area contributed by atoms with Crippen molar-refractivity contribution in [1.82, 2.24) is 15.1 Å². The number of hydrogen-bond acceptors (Lipinski definition) is 3. The number of hydrogen-bond donors (Lipinski definition) is 2. The van der Waals surface area contributed by atoms with Crippen LogP contribution in [-0.4, -0.2) is 27.4 Å². The predicted molar refractivity (Wildman–Crippen MR) is 56.6 cm³/mol. The summed E-state index contributed by atoms with van der Waals surface area (Å²) in [6.07, 6.45) is 2.65. The molecule has 1 atom stereocenters. The summed E-state index contributed by atoms with van der Waals surface area (Å²) in [6.45, 7) is 4.51. The van der Waals surface area contributed by atoms with Gasteiger partial charge in [0.15, 0.2) is 0 Å². The summed E-state index contributed by atoms with van der Waals surface area (Å²) >= 11 is 0. The molecule has 0 aliphatic rings. The number of carbonyl (C=O) groups is 1. The number of rotatable bonds is 5. The summed E-state index contributed by atoms with van der Waals surface area (Å²) in [5.41, 5.74) is 1.49. The molecule has 84 valence electrons. The van der Waals surface area contributed by atoms with E-state index in [1.807, 2.05) is 13.8 Å². The largest absolute Gasteiger partial charge is 0.480 e. The van der Waals surface area contributed by atoms with E-state index in [9.17, 15) is 4.79 Å². The van der Waals surface area contributed by atoms with Crippen molar-refractivity contribution >= 4 is 5.97 Å². The van der Waals surface area contributed by atoms with Gasteiger partial charge in [0.1, 0.15) is 6.04 Å². The van der Waals surface area contributed by atoms with E-state index >= 15 is 0 Å². The molecule has 1 aromatic rings. The molecule has 1 heterocycles. The zero-order valence-corrected chi connectivity index (χ0v) is 9.32. The van der Waals surface area contributed by atoms with Gasteiger partial charge in [0, 0.05) is 18.8 Å². The monoisotopic (exact) mass is 211 g/mol. The zero-order valence-electron chi connectivity index (χ0n) is 9.32. The number of aliphatic carboxylic acids is 1. The molecule has 0 saturated carbocycles. The molecule has 2 N–H and O–H groups in total. The van der Waals surface area contributed by atoms with Crippen molar-refractivity contribution in [2.45, 2.75) is 26.3 Å². The van der Waals surface area contributed by atoms with Gasteiger partial charge in [0.25, 0.3) is 0 Å². The van der Waals surface area contributed by atoms with Crippen molar-refractivity contribution in [1.29, 1.82) is 0 Å². The highest BCUT2D eigenvalue weighted by atomic mass is 16.4. The van der Waals surface area contributed by atoms with Gasteiger partial charge in [0.05, 0.1) is 5.69 Å². The summed E-state index contributed by atoms with van der Waals surface area (Å²) in [5, 5.41) is 16.2. The number of nitrogens with zero attached hydrogens (tertiary/aromatic N) is 2. The summed E-state index contributed by atoms with van der Waals surface area (Å²) < 4.78 is 1.63. The minimum atomic E-state index is -0.862. The average molecular weight is 211 g/mol. The molecule has 0 fully saturated rings. The molecule has 0 spiro atoms. The van der Waals surface area contributed by atoms with Crippen molar-refractivity contribution in [3.8, 4) is 0 Å². The SMILES string of the molecule is CCCNC(C(=O)O)c1cn(C)nc1C. The Morgan fingerprint density at radius 1 is 1.73 bits per heavy atom. The van der Waals surface area contributed by atoms with Crippen LogP contribution in [0.25, 0.3) is 0 Å². The van der Waals surface area contributed by atoms with Crippen molar-refractivity contribution in [3.05, 3.63) is 17.5 Å². The number of carboxylic acids is 1. The van der Waals surface area contributed by atoms with Crippen LogP contribution in [0.4, 0.5) is 0 Å². The lowest BCUT2D eigenvalue weighted by molar-refractivity contribution is -0.139. The Morgan fingerprint density at radius 2 is 2.40 bits per heavy atom. The van der Waals surface area contributed by atoms with Gasteiger partial charge in [-0.25, -0.2) is 0 Å². The second-order valence-corrected chi connectivity index (χ2v) is 3.57. The van der Waals surface area contributed by atoms with E-state index in [0.29, 0.717) is 6.54 Å². The zero-order chi connectivity index (χ0) is 11.4. The Labute approximate surface area is 89.1 Å². The first kappa shape index (κ1) is 11.7. The van der Waals surface area contributed by atoms with E-state index in [0.717, 1.165) is 17.7 Å². The van der Waals surface area contributed by atoms with Crippen LogP contribution in [0.15, 0.2) is 6.20 Å². The Hall–Kier alpha value is -1.36. The van der Waals surface area contributed by atoms with E-state index in [1.54, 1.807) is 17.9 Å². The number of carboxylic acid groups (broad SMARTS) is 1. The molecule has 15 heavy (non-hydrogen) atoms. The van der Waals surface area contributed by atoms with Crippen molar-refractivity contribution in [2.75, 3.05) is 6.54 Å². The molecule has 0 aliphatic carbocycles. The molecule has 0 aliphatic heterocycles. The van der Waals surface area contributed by atoms with E-state index in [2.05, 4.69) is 10.4 Å². The third-order valence-corrected chi connectivity index (χ3v) is 2.21. The molecule has 0 amide bonds. The first-order valence-corrected chi connectivity index (χ1v) is 5.02. The summed E-state index contributed by atoms with van der Waals surface area (Å²) in [7, 11) is 1.79. The highest BCUT2D eigenvalue weighted by molar-refractivity contribution is 5.75. The maximum absolute atomic E-state index is 11.1. The van der Waals surface area contributed by atoms with Crippen LogP contribution in [0.1, 0.15) is 30.6 Å². The van der Waals surface area contributed by atoms with Gasteiger partial charge >= 0.3 is 5.97 Å². The lowest BCUT2D eigenvalue weighted by Gasteiger charge is -2.12. The molecule has 0 saturated heterocycles. The molecule has 1 unspecified atom stereocenters. The molecule has 0 aromatic carbocycles. The normalized spacial score (nSPS) is 12.7. The van der Waals surface area contributed by atoms with E-state index < -0.39 is 12.0 Å². The molecular formula is C10H17N3O2. The molecule has 1 rings (SSSR count). The van der Waals surface area contributed by atoms with Gasteiger partial charge in [-0.3, -0.25) is 9.48 Å². The van der Waals surface area contributed by atoms with Gasteiger partial charge < -0.3 is 10.4 Å². The van der Waals surface area contributed by atoms with Crippen LogP contribution in [0.2, 0.25) is 0 Å². The maximum atomic E-state index is 11.1. The number of aromatic nitrogens is 2. The van der Waals surface area contributed by atoms with Crippen LogP contribution < -0.4 is 5.32 Å². The van der Waals surface area contributed by atoms with Gasteiger partial charge in [0.2, 0.25) is 0 Å². The first-order valence-electron chi connectivity index (χ1n) is 5.02. The lowest BCUT2D eigenvalue weighted by Crippen LogP contribution is -2.29. The molecule has 0 radical (unpaired) electrons. The fourth-order valence-corrected chi connectivity index (χ4v) is 1.52. The Morgan fingerprint density at radius 3 is 2.80 bits per heavy atom. The smallest absolute Gasteiger partial charge is 0.325 e. The van der Waals surface area contributed by atoms with Gasteiger partial charge in [-0.2, -0.15) is 5.10 Å². The highest BCUT2D eigenvalue weighted by Gasteiger charge is 2.22. The Kier molecular flexibility index (Phi) is 3.85. The molecule has 0 bridgehead atoms. The third-order valence-electron chi connectivity index (χ3n) is 2.21. The highest BCUT2D eigenvalue weighted by Crippen LogP contribution is 2.16. The van der Waals surface area contributed by atoms with Gasteiger partial charge in [-0.1, -0.05) is 6.92 Å². The summed E-state index contributed by atoms with van der Waals surface area (Å²) in [4.78, 5) is 11.1. The minimum absolute atomic E-state index is 0.654. The summed E-state index contributed by atoms with van der Waals surface area (Å²) in [5.74, 6) is -0.862. The third kappa shape index (κ3) is 2.79. The van der Waals surface area contributed by atoms with Crippen molar-refractivity contribution < 1.29 is 9.90 Å². The number of aryl methyl sites for hydroxylation is 2. The Balaban J connectivity index is 2.88. The molecular weight excluding hydrogens is 194 g/mol. The van der Waals surface area contributed by atoms with E-state index in [-0.39, 0.29) is 0 Å². The average Bonchev–Trinajstić information content (AvgIpc) is 2.46. The van der Waals surface area contributed by atoms with Gasteiger partial charge in [-0.15, -0.1) is 0 Å². The quantitative estimate of drug-likeness (QED) is 0.757. The van der Waals surface area contributed by atoms with E-state index in [4.69, 9.17) is 5.11 Å². The lowest BCUT2D eigenvalue weighted by atomic mass is 10.1. The second-order valence-electron chi connectivity index (χ2n) is 3.57. The fraction of sp³-hybridized carbons (Fsp3) is 0.600. The van der Waals surface area contributed by atoms with Crippen LogP contribution in [0, 0.1) is 6.92 Å². The summed E-state index contributed by atoms with van der Waals surface area (Å²) in [6, 6.07) is -0.654. The van der Waals surface area contributed by atoms with Gasteiger partial charge in [-0.05, 0) is 19.9 Å². The molecule has 5 nitrogen and oxygen atoms in total. The first-order chi connectivity index (χ1) is 7.06. The second kappa shape index (κ2) is 4.93. The van der Waals surface area contributed by atoms with Crippen molar-refractivity contribution in [2.24, 2.45) is 7.05 Å². The predicted octanol–water partition coefficient (Wildman–Crippen LogP) is 0.854. The van der Waals surface area contributed by atoms with Crippen LogP contribution in [0.5, 0.6) is 0 Å². The minimum Gasteiger partial charge on any atom is -0.480 e. The van der Waals surface area contributed by atoms with Crippen LogP contribution in [-0.2, 0) is 11.8 Å². The van der Waals surface area contributed by atoms with E-state index in [1.165, 1.54) is 0 Å². The standard InChI is InChI=1S/C10H17N3O2/c1-4-5-11-9(10(14)15)8-6-13(3)12-7(8)2/h6,9,11H,4-5H2,1-3H3,(H,14,15). The Bertz CT molecular complexity index is 346. The van der Waals surface area contributed by atoms with Crippen molar-refractivity contribution in [3.63, 3.8) is 0 Å². The number of nitrogens with one attached hydrogen (secondary N) is 1. The molecule has 1 aromatic heterocycles. The fourth-order valence-electron chi connectivity index (χ4n) is 1.52. The van der Waals surface area contributed by atoms with Crippen LogP contribution >= 0.6 is 0 Å². The van der Waals surface area contributed by atoms with Crippen LogP contribution in [0.3, 0.4) is 0 Å². The topological polar surface area (TPSA) is 67.2 Å². The molecule has 5 heteroatoms.